The van der Waals surface area contributed by atoms with Gasteiger partial charge in [-0.1, -0.05) is 19.8 Å². The van der Waals surface area contributed by atoms with Gasteiger partial charge in [0, 0.05) is 0 Å². The Morgan fingerprint density at radius 1 is 1.54 bits per heavy atom. The fourth-order valence-electron chi connectivity index (χ4n) is 2.28. The van der Waals surface area contributed by atoms with Gasteiger partial charge in [0.2, 0.25) is 0 Å². The standard InChI is InChI=1S/C11H17NO/c1-9-5-2-3-7-11(9,12)10-6-4-8-13-10/h4,6,8-9H,2-3,5,7,12H2,1H3/t9-,11-/m0/s1. The molecule has 1 aromatic heterocycles. The Labute approximate surface area is 79.1 Å². The van der Waals surface area contributed by atoms with Gasteiger partial charge >= 0.3 is 0 Å². The van der Waals surface area contributed by atoms with E-state index >= 15 is 0 Å². The first kappa shape index (κ1) is 8.82. The molecule has 0 radical (unpaired) electrons. The van der Waals surface area contributed by atoms with E-state index in [0.29, 0.717) is 5.92 Å². The van der Waals surface area contributed by atoms with Gasteiger partial charge in [0.1, 0.15) is 5.76 Å². The van der Waals surface area contributed by atoms with Crippen LogP contribution in [0.1, 0.15) is 38.4 Å². The Morgan fingerprint density at radius 3 is 3.00 bits per heavy atom. The molecular formula is C11H17NO. The Balaban J connectivity index is 2.27. The predicted molar refractivity (Wildman–Crippen MR) is 52.2 cm³/mol. The molecule has 1 aliphatic rings. The molecule has 1 heterocycles. The van der Waals surface area contributed by atoms with Crippen molar-refractivity contribution < 1.29 is 4.42 Å². The molecular weight excluding hydrogens is 162 g/mol. The minimum Gasteiger partial charge on any atom is -0.467 e. The van der Waals surface area contributed by atoms with Crippen molar-refractivity contribution in [1.82, 2.24) is 0 Å². The van der Waals surface area contributed by atoms with Crippen molar-refractivity contribution in [2.45, 2.75) is 38.1 Å². The normalized spacial score (nSPS) is 34.8. The largest absolute Gasteiger partial charge is 0.467 e. The molecule has 2 rings (SSSR count). The molecule has 0 aromatic carbocycles. The maximum atomic E-state index is 6.37. The third kappa shape index (κ3) is 1.39. The summed E-state index contributed by atoms with van der Waals surface area (Å²) < 4.78 is 5.42. The van der Waals surface area contributed by atoms with Crippen molar-refractivity contribution in [2.75, 3.05) is 0 Å². The first-order valence-electron chi connectivity index (χ1n) is 5.06. The summed E-state index contributed by atoms with van der Waals surface area (Å²) in [7, 11) is 0. The third-order valence-corrected chi connectivity index (χ3v) is 3.34. The number of rotatable bonds is 1. The summed E-state index contributed by atoms with van der Waals surface area (Å²) in [5.41, 5.74) is 6.17. The number of hydrogen-bond donors (Lipinski definition) is 1. The van der Waals surface area contributed by atoms with Crippen LogP contribution >= 0.6 is 0 Å². The van der Waals surface area contributed by atoms with Crippen LogP contribution in [0.4, 0.5) is 0 Å². The van der Waals surface area contributed by atoms with Gasteiger partial charge in [0.05, 0.1) is 11.8 Å². The van der Waals surface area contributed by atoms with E-state index in [1.165, 1.54) is 19.3 Å². The van der Waals surface area contributed by atoms with Crippen LogP contribution in [0.3, 0.4) is 0 Å². The summed E-state index contributed by atoms with van der Waals surface area (Å²) >= 11 is 0. The lowest BCUT2D eigenvalue weighted by Gasteiger charge is -2.37. The van der Waals surface area contributed by atoms with Gasteiger partial charge in [-0.2, -0.15) is 0 Å². The first-order chi connectivity index (χ1) is 6.23. The molecule has 0 unspecified atom stereocenters. The maximum Gasteiger partial charge on any atom is 0.123 e. The lowest BCUT2D eigenvalue weighted by atomic mass is 9.73. The fraction of sp³-hybridized carbons (Fsp3) is 0.636. The highest BCUT2D eigenvalue weighted by atomic mass is 16.3. The van der Waals surface area contributed by atoms with E-state index in [4.69, 9.17) is 10.2 Å². The summed E-state index contributed by atoms with van der Waals surface area (Å²) in [6, 6.07) is 3.92. The summed E-state index contributed by atoms with van der Waals surface area (Å²) in [6.45, 7) is 2.22. The van der Waals surface area contributed by atoms with Gasteiger partial charge in [-0.15, -0.1) is 0 Å². The van der Waals surface area contributed by atoms with E-state index < -0.39 is 0 Å². The van der Waals surface area contributed by atoms with Gasteiger partial charge < -0.3 is 10.2 Å². The maximum absolute atomic E-state index is 6.37. The van der Waals surface area contributed by atoms with E-state index in [-0.39, 0.29) is 5.54 Å². The Kier molecular flexibility index (Phi) is 2.16. The van der Waals surface area contributed by atoms with Crippen molar-refractivity contribution >= 4 is 0 Å². The van der Waals surface area contributed by atoms with Crippen LogP contribution in [0.5, 0.6) is 0 Å². The highest BCUT2D eigenvalue weighted by Gasteiger charge is 2.38. The topological polar surface area (TPSA) is 39.2 Å². The minimum absolute atomic E-state index is 0.207. The molecule has 2 atom stereocenters. The fourth-order valence-corrected chi connectivity index (χ4v) is 2.28. The second kappa shape index (κ2) is 3.18. The van der Waals surface area contributed by atoms with Gasteiger partial charge in [0.15, 0.2) is 0 Å². The Bertz CT molecular complexity index is 268. The molecule has 2 N–H and O–H groups in total. The molecule has 2 heteroatoms. The van der Waals surface area contributed by atoms with E-state index in [2.05, 4.69) is 6.92 Å². The van der Waals surface area contributed by atoms with Gasteiger partial charge in [-0.05, 0) is 30.9 Å². The summed E-state index contributed by atoms with van der Waals surface area (Å²) in [5.74, 6) is 1.49. The Hall–Kier alpha value is -0.760. The first-order valence-corrected chi connectivity index (χ1v) is 5.06. The summed E-state index contributed by atoms with van der Waals surface area (Å²) in [4.78, 5) is 0. The van der Waals surface area contributed by atoms with E-state index in [1.54, 1.807) is 6.26 Å². The average Bonchev–Trinajstić information content (AvgIpc) is 2.63. The van der Waals surface area contributed by atoms with Crippen LogP contribution in [0, 0.1) is 5.92 Å². The third-order valence-electron chi connectivity index (χ3n) is 3.34. The van der Waals surface area contributed by atoms with Crippen LogP contribution in [-0.2, 0) is 5.54 Å². The molecule has 1 aliphatic carbocycles. The molecule has 13 heavy (non-hydrogen) atoms. The molecule has 1 aromatic rings. The SMILES string of the molecule is C[C@H]1CCCC[C@@]1(N)c1ccco1. The van der Waals surface area contributed by atoms with Gasteiger partial charge in [-0.3, -0.25) is 0 Å². The van der Waals surface area contributed by atoms with Crippen LogP contribution in [-0.4, -0.2) is 0 Å². The molecule has 72 valence electrons. The Morgan fingerprint density at radius 2 is 2.38 bits per heavy atom. The van der Waals surface area contributed by atoms with Crippen molar-refractivity contribution in [1.29, 1.82) is 0 Å². The van der Waals surface area contributed by atoms with Crippen LogP contribution < -0.4 is 5.73 Å². The van der Waals surface area contributed by atoms with Crippen molar-refractivity contribution in [3.8, 4) is 0 Å². The molecule has 1 saturated carbocycles. The highest BCUT2D eigenvalue weighted by molar-refractivity contribution is 5.14. The number of hydrogen-bond acceptors (Lipinski definition) is 2. The number of furan rings is 1. The second-order valence-corrected chi connectivity index (χ2v) is 4.16. The molecule has 0 saturated heterocycles. The van der Waals surface area contributed by atoms with Crippen LogP contribution in [0.15, 0.2) is 22.8 Å². The van der Waals surface area contributed by atoms with E-state index in [0.717, 1.165) is 12.2 Å². The molecule has 2 nitrogen and oxygen atoms in total. The number of nitrogens with two attached hydrogens (primary N) is 1. The predicted octanol–water partition coefficient (Wildman–Crippen LogP) is 2.64. The molecule has 0 bridgehead atoms. The molecule has 1 fully saturated rings. The monoisotopic (exact) mass is 179 g/mol. The minimum atomic E-state index is -0.207. The zero-order chi connectivity index (χ0) is 9.31. The van der Waals surface area contributed by atoms with Crippen molar-refractivity contribution in [3.05, 3.63) is 24.2 Å². The quantitative estimate of drug-likeness (QED) is 0.719. The summed E-state index contributed by atoms with van der Waals surface area (Å²) in [5, 5.41) is 0. The van der Waals surface area contributed by atoms with E-state index in [9.17, 15) is 0 Å². The van der Waals surface area contributed by atoms with Crippen molar-refractivity contribution in [2.24, 2.45) is 11.7 Å². The second-order valence-electron chi connectivity index (χ2n) is 4.16. The highest BCUT2D eigenvalue weighted by Crippen LogP contribution is 2.39. The zero-order valence-corrected chi connectivity index (χ0v) is 8.12. The smallest absolute Gasteiger partial charge is 0.123 e. The van der Waals surface area contributed by atoms with E-state index in [1.807, 2.05) is 12.1 Å². The molecule has 0 amide bonds. The molecule has 0 aliphatic heterocycles. The van der Waals surface area contributed by atoms with Crippen LogP contribution in [0.25, 0.3) is 0 Å². The van der Waals surface area contributed by atoms with Gasteiger partial charge in [-0.25, -0.2) is 0 Å². The lowest BCUT2D eigenvalue weighted by molar-refractivity contribution is 0.173. The van der Waals surface area contributed by atoms with Gasteiger partial charge in [0.25, 0.3) is 0 Å². The summed E-state index contributed by atoms with van der Waals surface area (Å²) in [6.07, 6.45) is 6.52. The zero-order valence-electron chi connectivity index (χ0n) is 8.12. The molecule has 0 spiro atoms. The average molecular weight is 179 g/mol. The van der Waals surface area contributed by atoms with Crippen LogP contribution in [0.2, 0.25) is 0 Å². The van der Waals surface area contributed by atoms with Crippen molar-refractivity contribution in [3.63, 3.8) is 0 Å². The lowest BCUT2D eigenvalue weighted by Crippen LogP contribution is -2.44.